The number of amides is 1. The molecule has 0 atom stereocenters. The van der Waals surface area contributed by atoms with Crippen LogP contribution in [0.3, 0.4) is 0 Å². The van der Waals surface area contributed by atoms with Gasteiger partial charge in [0.15, 0.2) is 6.61 Å². The minimum absolute atomic E-state index is 0.0520. The molecule has 1 saturated heterocycles. The summed E-state index contributed by atoms with van der Waals surface area (Å²) in [7, 11) is 0. The number of nitrogens with one attached hydrogen (secondary N) is 1. The fourth-order valence-corrected chi connectivity index (χ4v) is 3.39. The van der Waals surface area contributed by atoms with Gasteiger partial charge in [-0.05, 0) is 49.6 Å². The Morgan fingerprint density at radius 3 is 2.59 bits per heavy atom. The Morgan fingerprint density at radius 2 is 1.78 bits per heavy atom. The van der Waals surface area contributed by atoms with Crippen LogP contribution in [0.4, 0.5) is 11.5 Å². The third-order valence-electron chi connectivity index (χ3n) is 4.76. The molecule has 1 aliphatic rings. The zero-order valence-electron chi connectivity index (χ0n) is 15.2. The number of hydrogen-bond donors (Lipinski definition) is 1. The molecule has 1 fully saturated rings. The van der Waals surface area contributed by atoms with Crippen molar-refractivity contribution in [3.05, 3.63) is 60.7 Å². The Morgan fingerprint density at radius 1 is 0.963 bits per heavy atom. The number of anilines is 2. The number of piperidine rings is 1. The molecule has 0 aliphatic carbocycles. The van der Waals surface area contributed by atoms with Gasteiger partial charge in [-0.3, -0.25) is 4.79 Å². The monoisotopic (exact) mass is 361 g/mol. The van der Waals surface area contributed by atoms with Crippen LogP contribution in [-0.4, -0.2) is 30.6 Å². The number of para-hydroxylation sites is 2. The predicted molar refractivity (Wildman–Crippen MR) is 108 cm³/mol. The number of nitrogens with zero attached hydrogens (tertiary/aromatic N) is 2. The summed E-state index contributed by atoms with van der Waals surface area (Å²) in [5.41, 5.74) is 1.56. The SMILES string of the molecule is O=C(COc1cccc2ccc(N3CCCCC3)nc12)Nc1ccccc1. The number of fused-ring (bicyclic) bond motifs is 1. The first-order chi connectivity index (χ1) is 13.3. The third-order valence-corrected chi connectivity index (χ3v) is 4.76. The molecule has 2 heterocycles. The highest BCUT2D eigenvalue weighted by Gasteiger charge is 2.14. The Bertz CT molecular complexity index is 921. The third kappa shape index (κ3) is 4.19. The average Bonchev–Trinajstić information content (AvgIpc) is 2.73. The lowest BCUT2D eigenvalue weighted by atomic mass is 10.1. The Hall–Kier alpha value is -3.08. The van der Waals surface area contributed by atoms with E-state index >= 15 is 0 Å². The van der Waals surface area contributed by atoms with Crippen LogP contribution >= 0.6 is 0 Å². The smallest absolute Gasteiger partial charge is 0.262 e. The molecule has 1 N–H and O–H groups in total. The summed E-state index contributed by atoms with van der Waals surface area (Å²) in [6, 6.07) is 19.3. The van der Waals surface area contributed by atoms with Crippen molar-refractivity contribution in [1.82, 2.24) is 4.98 Å². The molecule has 4 rings (SSSR count). The summed E-state index contributed by atoms with van der Waals surface area (Å²) in [4.78, 5) is 19.3. The van der Waals surface area contributed by atoms with E-state index in [0.29, 0.717) is 5.75 Å². The number of benzene rings is 2. The van der Waals surface area contributed by atoms with E-state index in [-0.39, 0.29) is 12.5 Å². The molecule has 27 heavy (non-hydrogen) atoms. The normalized spacial score (nSPS) is 14.1. The largest absolute Gasteiger partial charge is 0.481 e. The van der Waals surface area contributed by atoms with E-state index in [0.717, 1.165) is 35.5 Å². The number of carbonyl (C=O) groups excluding carboxylic acids is 1. The van der Waals surface area contributed by atoms with Crippen molar-refractivity contribution in [3.8, 4) is 5.75 Å². The number of pyridine rings is 1. The van der Waals surface area contributed by atoms with Crippen molar-refractivity contribution in [1.29, 1.82) is 0 Å². The molecule has 0 radical (unpaired) electrons. The zero-order valence-corrected chi connectivity index (χ0v) is 15.2. The molecular weight excluding hydrogens is 338 g/mol. The van der Waals surface area contributed by atoms with Gasteiger partial charge in [0.1, 0.15) is 17.1 Å². The van der Waals surface area contributed by atoms with Crippen molar-refractivity contribution in [2.75, 3.05) is 29.9 Å². The van der Waals surface area contributed by atoms with Crippen molar-refractivity contribution in [3.63, 3.8) is 0 Å². The highest BCUT2D eigenvalue weighted by Crippen LogP contribution is 2.27. The maximum Gasteiger partial charge on any atom is 0.262 e. The van der Waals surface area contributed by atoms with Gasteiger partial charge in [-0.15, -0.1) is 0 Å². The number of carbonyl (C=O) groups is 1. The van der Waals surface area contributed by atoms with E-state index in [1.807, 2.05) is 48.5 Å². The van der Waals surface area contributed by atoms with Crippen LogP contribution in [0, 0.1) is 0 Å². The molecule has 1 aliphatic heterocycles. The van der Waals surface area contributed by atoms with Gasteiger partial charge < -0.3 is 15.0 Å². The van der Waals surface area contributed by atoms with Gasteiger partial charge in [0.2, 0.25) is 0 Å². The second-order valence-electron chi connectivity index (χ2n) is 6.75. The van der Waals surface area contributed by atoms with Gasteiger partial charge in [-0.1, -0.05) is 30.3 Å². The summed E-state index contributed by atoms with van der Waals surface area (Å²) in [6.07, 6.45) is 3.70. The molecule has 0 spiro atoms. The standard InChI is InChI=1S/C22H23N3O2/c26-21(23-18-9-3-1-4-10-18)16-27-19-11-7-8-17-12-13-20(24-22(17)19)25-14-5-2-6-15-25/h1,3-4,7-13H,2,5-6,14-16H2,(H,23,26). The number of rotatable bonds is 5. The Labute approximate surface area is 159 Å². The number of hydrogen-bond acceptors (Lipinski definition) is 4. The molecule has 2 aromatic carbocycles. The summed E-state index contributed by atoms with van der Waals surface area (Å²) in [5.74, 6) is 1.42. The molecular formula is C22H23N3O2. The number of aromatic nitrogens is 1. The molecule has 5 heteroatoms. The highest BCUT2D eigenvalue weighted by atomic mass is 16.5. The molecule has 3 aromatic rings. The van der Waals surface area contributed by atoms with Crippen LogP contribution in [0.5, 0.6) is 5.75 Å². The summed E-state index contributed by atoms with van der Waals surface area (Å²) in [5, 5.41) is 3.84. The van der Waals surface area contributed by atoms with Gasteiger partial charge in [-0.25, -0.2) is 4.98 Å². The first-order valence-corrected chi connectivity index (χ1v) is 9.42. The summed E-state index contributed by atoms with van der Waals surface area (Å²) < 4.78 is 5.80. The molecule has 1 aromatic heterocycles. The lowest BCUT2D eigenvalue weighted by Gasteiger charge is -2.28. The van der Waals surface area contributed by atoms with Crippen molar-refractivity contribution >= 4 is 28.3 Å². The maximum atomic E-state index is 12.2. The number of ether oxygens (including phenoxy) is 1. The minimum atomic E-state index is -0.189. The van der Waals surface area contributed by atoms with E-state index in [1.54, 1.807) is 0 Å². The molecule has 138 valence electrons. The van der Waals surface area contributed by atoms with E-state index in [1.165, 1.54) is 19.3 Å². The lowest BCUT2D eigenvalue weighted by molar-refractivity contribution is -0.118. The van der Waals surface area contributed by atoms with E-state index in [2.05, 4.69) is 22.3 Å². The van der Waals surface area contributed by atoms with Crippen LogP contribution in [0.25, 0.3) is 10.9 Å². The van der Waals surface area contributed by atoms with Gasteiger partial charge in [0.25, 0.3) is 5.91 Å². The van der Waals surface area contributed by atoms with Gasteiger partial charge in [-0.2, -0.15) is 0 Å². The average molecular weight is 361 g/mol. The fourth-order valence-electron chi connectivity index (χ4n) is 3.39. The molecule has 0 unspecified atom stereocenters. The molecule has 1 amide bonds. The lowest BCUT2D eigenvalue weighted by Crippen LogP contribution is -2.30. The second-order valence-corrected chi connectivity index (χ2v) is 6.75. The van der Waals surface area contributed by atoms with Crippen LogP contribution in [0.2, 0.25) is 0 Å². The van der Waals surface area contributed by atoms with Gasteiger partial charge in [0, 0.05) is 24.2 Å². The quantitative estimate of drug-likeness (QED) is 0.738. The topological polar surface area (TPSA) is 54.5 Å². The van der Waals surface area contributed by atoms with Crippen LogP contribution in [-0.2, 0) is 4.79 Å². The Kier molecular flexibility index (Phi) is 5.19. The van der Waals surface area contributed by atoms with E-state index in [9.17, 15) is 4.79 Å². The minimum Gasteiger partial charge on any atom is -0.481 e. The first kappa shape index (κ1) is 17.3. The summed E-state index contributed by atoms with van der Waals surface area (Å²) >= 11 is 0. The van der Waals surface area contributed by atoms with Crippen LogP contribution in [0.15, 0.2) is 60.7 Å². The van der Waals surface area contributed by atoms with Crippen molar-refractivity contribution in [2.24, 2.45) is 0 Å². The van der Waals surface area contributed by atoms with Gasteiger partial charge >= 0.3 is 0 Å². The Balaban J connectivity index is 1.49. The summed E-state index contributed by atoms with van der Waals surface area (Å²) in [6.45, 7) is 2.03. The molecule has 0 saturated carbocycles. The van der Waals surface area contributed by atoms with E-state index in [4.69, 9.17) is 9.72 Å². The van der Waals surface area contributed by atoms with E-state index < -0.39 is 0 Å². The molecule has 5 nitrogen and oxygen atoms in total. The maximum absolute atomic E-state index is 12.2. The highest BCUT2D eigenvalue weighted by molar-refractivity contribution is 5.92. The fraction of sp³-hybridized carbons (Fsp3) is 0.273. The van der Waals surface area contributed by atoms with Crippen LogP contribution < -0.4 is 15.0 Å². The predicted octanol–water partition coefficient (Wildman–Crippen LogP) is 4.24. The van der Waals surface area contributed by atoms with Crippen LogP contribution in [0.1, 0.15) is 19.3 Å². The zero-order chi connectivity index (χ0) is 18.5. The first-order valence-electron chi connectivity index (χ1n) is 9.42. The van der Waals surface area contributed by atoms with Crippen molar-refractivity contribution in [2.45, 2.75) is 19.3 Å². The van der Waals surface area contributed by atoms with Crippen molar-refractivity contribution < 1.29 is 9.53 Å². The molecule has 0 bridgehead atoms. The second kappa shape index (κ2) is 8.08. The van der Waals surface area contributed by atoms with Gasteiger partial charge in [0.05, 0.1) is 0 Å².